The lowest BCUT2D eigenvalue weighted by molar-refractivity contribution is 0.0242. The Labute approximate surface area is 297 Å². The van der Waals surface area contributed by atoms with Crippen LogP contribution < -0.4 is 9.64 Å². The quantitative estimate of drug-likeness (QED) is 0.163. The Morgan fingerprint density at radius 2 is 1.87 bits per heavy atom. The van der Waals surface area contributed by atoms with Crippen molar-refractivity contribution in [2.24, 2.45) is 0 Å². The van der Waals surface area contributed by atoms with E-state index in [0.717, 1.165) is 24.0 Å². The van der Waals surface area contributed by atoms with Crippen molar-refractivity contribution in [1.82, 2.24) is 24.8 Å². The van der Waals surface area contributed by atoms with Gasteiger partial charge in [0.2, 0.25) is 0 Å². The van der Waals surface area contributed by atoms with E-state index in [-0.39, 0.29) is 48.7 Å². The van der Waals surface area contributed by atoms with Crippen LogP contribution in [0.2, 0.25) is 0 Å². The number of piperazine rings is 1. The lowest BCUT2D eigenvalue weighted by Gasteiger charge is -2.39. The van der Waals surface area contributed by atoms with E-state index < -0.39 is 30.6 Å². The molecule has 5 heterocycles. The third kappa shape index (κ3) is 6.64. The van der Waals surface area contributed by atoms with E-state index in [1.165, 1.54) is 23.1 Å². The van der Waals surface area contributed by atoms with Crippen molar-refractivity contribution in [2.45, 2.75) is 51.3 Å². The minimum absolute atomic E-state index is 0.0251. The van der Waals surface area contributed by atoms with E-state index in [0.29, 0.717) is 65.3 Å². The van der Waals surface area contributed by atoms with E-state index in [1.807, 2.05) is 30.0 Å². The molecule has 0 spiro atoms. The number of nitrogens with zero attached hydrogens (tertiary/aromatic N) is 5. The van der Waals surface area contributed by atoms with Crippen molar-refractivity contribution in [3.8, 4) is 28.3 Å². The van der Waals surface area contributed by atoms with Gasteiger partial charge in [-0.15, -0.1) is 0 Å². The van der Waals surface area contributed by atoms with Gasteiger partial charge in [-0.25, -0.2) is 22.5 Å². The first-order valence-electron chi connectivity index (χ1n) is 17.6. The number of aliphatic hydroxyl groups excluding tert-OH is 1. The zero-order chi connectivity index (χ0) is 36.1. The van der Waals surface area contributed by atoms with Gasteiger partial charge in [-0.05, 0) is 90.4 Å². The molecule has 5 aromatic rings. The second-order valence-corrected chi connectivity index (χ2v) is 13.9. The number of nitrogens with one attached hydrogen (secondary N) is 1. The van der Waals surface area contributed by atoms with E-state index >= 15 is 8.78 Å². The van der Waals surface area contributed by atoms with Crippen LogP contribution in [0.3, 0.4) is 0 Å². The fourth-order valence-corrected chi connectivity index (χ4v) is 7.56. The number of pyridine rings is 2. The number of aromatic amines is 1. The molecule has 9 nitrogen and oxygen atoms in total. The summed E-state index contributed by atoms with van der Waals surface area (Å²) in [4.78, 5) is 31.7. The number of H-pyrrole nitrogens is 1. The molecule has 2 fully saturated rings. The highest BCUT2D eigenvalue weighted by Crippen LogP contribution is 2.44. The maximum atomic E-state index is 15.5. The van der Waals surface area contributed by atoms with Gasteiger partial charge in [0.05, 0.1) is 36.8 Å². The number of carbonyl (C=O) groups is 1. The van der Waals surface area contributed by atoms with Crippen LogP contribution in [0.1, 0.15) is 52.7 Å². The van der Waals surface area contributed by atoms with E-state index in [4.69, 9.17) is 4.74 Å². The summed E-state index contributed by atoms with van der Waals surface area (Å²) in [7, 11) is 0. The third-order valence-electron chi connectivity index (χ3n) is 10.3. The largest absolute Gasteiger partial charge is 0.491 e. The molecule has 1 atom stereocenters. The Balaban J connectivity index is 1.07. The maximum Gasteiger partial charge on any atom is 0.265 e. The molecule has 52 heavy (non-hydrogen) atoms. The predicted molar refractivity (Wildman–Crippen MR) is 189 cm³/mol. The van der Waals surface area contributed by atoms with Crippen LogP contribution in [0.5, 0.6) is 5.75 Å². The summed E-state index contributed by atoms with van der Waals surface area (Å²) in [5.74, 6) is -1.55. The van der Waals surface area contributed by atoms with Gasteiger partial charge in [-0.2, -0.15) is 0 Å². The molecular weight excluding hydrogens is 676 g/mol. The lowest BCUT2D eigenvalue weighted by atomic mass is 9.95. The number of carbonyl (C=O) groups excluding carboxylic acids is 1. The van der Waals surface area contributed by atoms with E-state index in [1.54, 1.807) is 24.5 Å². The SMILES string of the molecule is CC1CN(Cc2ccc(-c3cc4c(-c5cc(F)cc(N6CCOc7cc(C8CC8)cc(F)c7C6=O)c5CO)ccnc4[nH]3)nc2)CCN1CC(F)F. The minimum atomic E-state index is -2.35. The molecule has 2 aromatic carbocycles. The minimum Gasteiger partial charge on any atom is -0.491 e. The molecule has 2 N–H and O–H groups in total. The first-order valence-corrected chi connectivity index (χ1v) is 17.6. The standard InChI is InChI=1S/C39H38F4N6O3/c1-22-18-47(8-9-48(22)20-36(42)43)19-23-2-5-32(45-17-23)33-16-29-27(6-7-44-38(29)46-33)28-14-26(40)15-34(30(28)21-50)49-10-11-52-35-13-25(24-3-4-24)12-31(41)37(35)39(49)51/h2,5-7,12-17,22,24,36,50H,3-4,8-11,18-21H2,1H3,(H,44,46). The van der Waals surface area contributed by atoms with Gasteiger partial charge in [0, 0.05) is 55.6 Å². The van der Waals surface area contributed by atoms with Gasteiger partial charge in [-0.1, -0.05) is 6.07 Å². The van der Waals surface area contributed by atoms with Crippen LogP contribution in [0.15, 0.2) is 60.9 Å². The molecule has 13 heteroatoms. The summed E-state index contributed by atoms with van der Waals surface area (Å²) in [6.45, 7) is 3.94. The molecular formula is C39H38F4N6O3. The average molecular weight is 715 g/mol. The Morgan fingerprint density at radius 1 is 1.02 bits per heavy atom. The molecule has 0 bridgehead atoms. The topological polar surface area (TPSA) is 97.8 Å². The number of hydrogen-bond donors (Lipinski definition) is 2. The van der Waals surface area contributed by atoms with Crippen LogP contribution in [-0.2, 0) is 13.2 Å². The molecule has 8 rings (SSSR count). The van der Waals surface area contributed by atoms with Gasteiger partial charge in [-0.3, -0.25) is 19.6 Å². The summed E-state index contributed by atoms with van der Waals surface area (Å²) in [5.41, 5.74) is 4.81. The Kier molecular flexibility index (Phi) is 9.18. The van der Waals surface area contributed by atoms with Crippen LogP contribution in [0, 0.1) is 11.6 Å². The number of anilines is 1. The highest BCUT2D eigenvalue weighted by atomic mass is 19.3. The number of aromatic nitrogens is 3. The molecule has 1 unspecified atom stereocenters. The number of rotatable bonds is 9. The normalized spacial score (nSPS) is 18.6. The molecule has 2 aliphatic heterocycles. The zero-order valence-corrected chi connectivity index (χ0v) is 28.6. The molecule has 0 radical (unpaired) electrons. The van der Waals surface area contributed by atoms with Crippen LogP contribution in [0.25, 0.3) is 33.5 Å². The number of amides is 1. The van der Waals surface area contributed by atoms with Gasteiger partial charge in [0.15, 0.2) is 0 Å². The number of ether oxygens (including phenoxy) is 1. The second-order valence-electron chi connectivity index (χ2n) is 13.9. The van der Waals surface area contributed by atoms with Crippen LogP contribution in [-0.4, -0.2) is 87.6 Å². The average Bonchev–Trinajstić information content (AvgIpc) is 3.91. The molecule has 1 amide bonds. The summed E-state index contributed by atoms with van der Waals surface area (Å²) in [6, 6.07) is 13.1. The number of halogens is 4. The maximum absolute atomic E-state index is 15.5. The van der Waals surface area contributed by atoms with Crippen molar-refractivity contribution in [1.29, 1.82) is 0 Å². The Morgan fingerprint density at radius 3 is 2.60 bits per heavy atom. The summed E-state index contributed by atoms with van der Waals surface area (Å²) < 4.78 is 62.6. The van der Waals surface area contributed by atoms with Crippen molar-refractivity contribution in [2.75, 3.05) is 44.2 Å². The second kappa shape index (κ2) is 13.9. The molecule has 1 aliphatic carbocycles. The Hall–Kier alpha value is -4.85. The van der Waals surface area contributed by atoms with Crippen LogP contribution >= 0.6 is 0 Å². The molecule has 1 saturated carbocycles. The Bertz CT molecular complexity index is 2140. The van der Waals surface area contributed by atoms with Crippen molar-refractivity contribution in [3.63, 3.8) is 0 Å². The van der Waals surface area contributed by atoms with Gasteiger partial charge >= 0.3 is 0 Å². The molecule has 270 valence electrons. The van der Waals surface area contributed by atoms with Gasteiger partial charge in [0.1, 0.15) is 35.2 Å². The fourth-order valence-electron chi connectivity index (χ4n) is 7.56. The highest BCUT2D eigenvalue weighted by molar-refractivity contribution is 6.09. The number of alkyl halides is 2. The van der Waals surface area contributed by atoms with Crippen molar-refractivity contribution in [3.05, 3.63) is 94.8 Å². The molecule has 3 aromatic heterocycles. The number of benzene rings is 2. The monoisotopic (exact) mass is 714 g/mol. The van der Waals surface area contributed by atoms with Crippen LogP contribution in [0.4, 0.5) is 23.2 Å². The molecule has 3 aliphatic rings. The number of hydrogen-bond acceptors (Lipinski definition) is 7. The number of aliphatic hydroxyl groups is 1. The number of fused-ring (bicyclic) bond motifs is 2. The van der Waals surface area contributed by atoms with Gasteiger partial charge < -0.3 is 19.7 Å². The summed E-state index contributed by atoms with van der Waals surface area (Å²) in [5, 5.41) is 11.4. The van der Waals surface area contributed by atoms with E-state index in [2.05, 4.69) is 19.9 Å². The first-order chi connectivity index (χ1) is 25.2. The predicted octanol–water partition coefficient (Wildman–Crippen LogP) is 6.75. The lowest BCUT2D eigenvalue weighted by Crippen LogP contribution is -2.52. The molecule has 1 saturated heterocycles. The third-order valence-corrected chi connectivity index (χ3v) is 10.3. The van der Waals surface area contributed by atoms with Crippen molar-refractivity contribution >= 4 is 22.6 Å². The smallest absolute Gasteiger partial charge is 0.265 e. The van der Waals surface area contributed by atoms with Gasteiger partial charge in [0.25, 0.3) is 12.3 Å². The van der Waals surface area contributed by atoms with Crippen molar-refractivity contribution < 1.29 is 32.2 Å². The van der Waals surface area contributed by atoms with E-state index in [9.17, 15) is 18.7 Å². The fraction of sp³-hybridized carbons (Fsp3) is 0.359. The first kappa shape index (κ1) is 34.2. The summed E-state index contributed by atoms with van der Waals surface area (Å²) in [6.07, 6.45) is 2.96. The highest BCUT2D eigenvalue weighted by Gasteiger charge is 2.33. The summed E-state index contributed by atoms with van der Waals surface area (Å²) >= 11 is 0. The zero-order valence-electron chi connectivity index (χ0n) is 28.6.